The second-order valence-corrected chi connectivity index (χ2v) is 13.6. The van der Waals surface area contributed by atoms with Crippen LogP contribution in [0.3, 0.4) is 0 Å². The molecule has 1 N–H and O–H groups in total. The second-order valence-electron chi connectivity index (χ2n) is 8.53. The Morgan fingerprint density at radius 3 is 2.53 bits per heavy atom. The van der Waals surface area contributed by atoms with Crippen molar-refractivity contribution in [2.75, 3.05) is 11.9 Å². The van der Waals surface area contributed by atoms with Gasteiger partial charge in [0.2, 0.25) is 5.76 Å². The molecule has 0 atom stereocenters. The van der Waals surface area contributed by atoms with Crippen molar-refractivity contribution in [3.63, 3.8) is 0 Å². The van der Waals surface area contributed by atoms with E-state index in [-0.39, 0.29) is 23.9 Å². The summed E-state index contributed by atoms with van der Waals surface area (Å²) in [6.07, 6.45) is 3.29. The van der Waals surface area contributed by atoms with Crippen molar-refractivity contribution >= 4 is 41.6 Å². The van der Waals surface area contributed by atoms with Gasteiger partial charge < -0.3 is 14.5 Å². The van der Waals surface area contributed by atoms with Crippen LogP contribution in [0.4, 0.5) is 15.8 Å². The highest BCUT2D eigenvalue weighted by molar-refractivity contribution is 6.88. The van der Waals surface area contributed by atoms with Crippen molar-refractivity contribution in [2.45, 2.75) is 26.6 Å². The van der Waals surface area contributed by atoms with Gasteiger partial charge in [0.05, 0.1) is 25.8 Å². The lowest BCUT2D eigenvalue weighted by molar-refractivity contribution is 0.0494. The molecule has 0 unspecified atom stereocenters. The summed E-state index contributed by atoms with van der Waals surface area (Å²) in [7, 11) is -1.67. The van der Waals surface area contributed by atoms with E-state index in [1.54, 1.807) is 31.5 Å². The van der Waals surface area contributed by atoms with Gasteiger partial charge in [0.25, 0.3) is 0 Å². The Kier molecular flexibility index (Phi) is 5.84. The van der Waals surface area contributed by atoms with E-state index in [0.717, 1.165) is 16.3 Å². The van der Waals surface area contributed by atoms with Crippen LogP contribution in [0.1, 0.15) is 17.5 Å². The molecule has 0 amide bonds. The number of hydrogen-bond donors (Lipinski definition) is 1. The van der Waals surface area contributed by atoms with Gasteiger partial charge in [-0.3, -0.25) is 4.98 Å². The van der Waals surface area contributed by atoms with E-state index >= 15 is 0 Å². The maximum Gasteiger partial charge on any atom is 0.376 e. The number of halogens is 1. The number of aromatic nitrogens is 1. The number of furan rings is 1. The van der Waals surface area contributed by atoms with Gasteiger partial charge in [-0.15, -0.1) is 0 Å². The minimum atomic E-state index is -1.67. The predicted octanol–water partition coefficient (Wildman–Crippen LogP) is 6.10. The number of esters is 1. The molecular formula is C25H25FN2O3Si. The standard InChI is InChI=1S/C25H25FN2O3Si/c1-5-30-25(29)24-22(28-21-12-11-17(13-20(21)26)32(2,3)4)19-15-27-14-18(23(19)31-24)16-9-7-6-8-10-16/h6-15,28H,5H2,1-4H3. The molecule has 0 aliphatic carbocycles. The first-order valence-corrected chi connectivity index (χ1v) is 14.0. The molecule has 2 aromatic carbocycles. The zero-order valence-corrected chi connectivity index (χ0v) is 19.5. The van der Waals surface area contributed by atoms with Gasteiger partial charge in [0, 0.05) is 18.0 Å². The van der Waals surface area contributed by atoms with Crippen molar-refractivity contribution in [3.8, 4) is 11.1 Å². The van der Waals surface area contributed by atoms with Gasteiger partial charge in [-0.05, 0) is 24.6 Å². The fraction of sp³-hybridized carbons (Fsp3) is 0.200. The maximum atomic E-state index is 15.0. The average Bonchev–Trinajstić information content (AvgIpc) is 3.14. The van der Waals surface area contributed by atoms with Crippen molar-refractivity contribution < 1.29 is 18.3 Å². The third kappa shape index (κ3) is 4.16. The summed E-state index contributed by atoms with van der Waals surface area (Å²) in [6.45, 7) is 8.40. The fourth-order valence-corrected chi connectivity index (χ4v) is 4.66. The van der Waals surface area contributed by atoms with Crippen molar-refractivity contribution in [2.24, 2.45) is 0 Å². The van der Waals surface area contributed by atoms with Gasteiger partial charge in [0.1, 0.15) is 17.1 Å². The van der Waals surface area contributed by atoms with E-state index in [0.29, 0.717) is 16.7 Å². The molecule has 7 heteroatoms. The Labute approximate surface area is 187 Å². The molecule has 0 aliphatic rings. The number of ether oxygens (including phenoxy) is 1. The Bertz CT molecular complexity index is 1280. The second kappa shape index (κ2) is 8.59. The summed E-state index contributed by atoms with van der Waals surface area (Å²) in [5, 5.41) is 4.65. The molecule has 5 nitrogen and oxygen atoms in total. The molecule has 0 radical (unpaired) electrons. The highest BCUT2D eigenvalue weighted by Crippen LogP contribution is 2.38. The number of hydrogen-bond acceptors (Lipinski definition) is 5. The number of pyridine rings is 1. The van der Waals surface area contributed by atoms with Gasteiger partial charge in [-0.1, -0.05) is 61.2 Å². The Morgan fingerprint density at radius 1 is 1.12 bits per heavy atom. The van der Waals surface area contributed by atoms with E-state index in [9.17, 15) is 9.18 Å². The van der Waals surface area contributed by atoms with Crippen LogP contribution in [-0.2, 0) is 4.74 Å². The summed E-state index contributed by atoms with van der Waals surface area (Å²) in [5.74, 6) is -1.02. The number of rotatable bonds is 6. The van der Waals surface area contributed by atoms with Crippen LogP contribution < -0.4 is 10.5 Å². The number of carbonyl (C=O) groups excluding carboxylic acids is 1. The summed E-state index contributed by atoms with van der Waals surface area (Å²) in [5.41, 5.74) is 2.70. The Balaban J connectivity index is 1.86. The molecule has 0 bridgehead atoms. The molecule has 0 aliphatic heterocycles. The molecule has 0 fully saturated rings. The van der Waals surface area contributed by atoms with Crippen LogP contribution >= 0.6 is 0 Å². The lowest BCUT2D eigenvalue weighted by Crippen LogP contribution is -2.37. The molecule has 4 rings (SSSR count). The normalized spacial score (nSPS) is 11.5. The predicted molar refractivity (Wildman–Crippen MR) is 128 cm³/mol. The van der Waals surface area contributed by atoms with Crippen LogP contribution in [0.5, 0.6) is 0 Å². The van der Waals surface area contributed by atoms with Crippen LogP contribution in [0.2, 0.25) is 19.6 Å². The lowest BCUT2D eigenvalue weighted by Gasteiger charge is -2.18. The summed E-state index contributed by atoms with van der Waals surface area (Å²) in [4.78, 5) is 17.0. The first-order valence-electron chi connectivity index (χ1n) is 10.5. The van der Waals surface area contributed by atoms with Gasteiger partial charge in [0.15, 0.2) is 0 Å². The van der Waals surface area contributed by atoms with E-state index in [4.69, 9.17) is 9.15 Å². The topological polar surface area (TPSA) is 64.4 Å². The molecule has 0 spiro atoms. The maximum absolute atomic E-state index is 15.0. The third-order valence-corrected chi connectivity index (χ3v) is 7.28. The summed E-state index contributed by atoms with van der Waals surface area (Å²) < 4.78 is 26.2. The van der Waals surface area contributed by atoms with Crippen molar-refractivity contribution in [1.82, 2.24) is 4.98 Å². The van der Waals surface area contributed by atoms with Gasteiger partial charge in [-0.25, -0.2) is 9.18 Å². The Hall–Kier alpha value is -3.45. The minimum absolute atomic E-state index is 0.0132. The Morgan fingerprint density at radius 2 is 1.88 bits per heavy atom. The fourth-order valence-electron chi connectivity index (χ4n) is 3.52. The average molecular weight is 449 g/mol. The first kappa shape index (κ1) is 21.8. The quantitative estimate of drug-likeness (QED) is 0.285. The number of carbonyl (C=O) groups is 1. The smallest absolute Gasteiger partial charge is 0.376 e. The van der Waals surface area contributed by atoms with Gasteiger partial charge in [-0.2, -0.15) is 0 Å². The molecule has 2 aromatic heterocycles. The minimum Gasteiger partial charge on any atom is -0.460 e. The molecule has 32 heavy (non-hydrogen) atoms. The van der Waals surface area contributed by atoms with E-state index < -0.39 is 14.0 Å². The van der Waals surface area contributed by atoms with Crippen LogP contribution in [0.15, 0.2) is 65.3 Å². The molecule has 164 valence electrons. The van der Waals surface area contributed by atoms with Crippen molar-refractivity contribution in [1.29, 1.82) is 0 Å². The van der Waals surface area contributed by atoms with Gasteiger partial charge >= 0.3 is 5.97 Å². The molecule has 0 saturated carbocycles. The number of anilines is 2. The summed E-state index contributed by atoms with van der Waals surface area (Å²) in [6, 6.07) is 14.8. The largest absolute Gasteiger partial charge is 0.460 e. The highest BCUT2D eigenvalue weighted by Gasteiger charge is 2.25. The van der Waals surface area contributed by atoms with E-state index in [2.05, 4.69) is 29.9 Å². The highest BCUT2D eigenvalue weighted by atomic mass is 28.3. The number of nitrogens with one attached hydrogen (secondary N) is 1. The monoisotopic (exact) mass is 448 g/mol. The number of benzene rings is 2. The van der Waals surface area contributed by atoms with E-state index in [1.165, 1.54) is 0 Å². The zero-order valence-electron chi connectivity index (χ0n) is 18.5. The van der Waals surface area contributed by atoms with Crippen molar-refractivity contribution in [3.05, 3.63) is 72.5 Å². The third-order valence-electron chi connectivity index (χ3n) is 5.24. The first-order chi connectivity index (χ1) is 15.3. The zero-order chi connectivity index (χ0) is 22.9. The van der Waals surface area contributed by atoms with Crippen LogP contribution in [0.25, 0.3) is 22.1 Å². The molecular weight excluding hydrogens is 423 g/mol. The SMILES string of the molecule is CCOC(=O)c1oc2c(-c3ccccc3)cncc2c1Nc1ccc([Si](C)(C)C)cc1F. The molecule has 2 heterocycles. The van der Waals surface area contributed by atoms with E-state index in [1.807, 2.05) is 36.4 Å². The molecule has 0 saturated heterocycles. The molecule has 4 aromatic rings. The number of fused-ring (bicyclic) bond motifs is 1. The van der Waals surface area contributed by atoms with Crippen LogP contribution in [0, 0.1) is 5.82 Å². The lowest BCUT2D eigenvalue weighted by atomic mass is 10.1. The summed E-state index contributed by atoms with van der Waals surface area (Å²) >= 11 is 0. The van der Waals surface area contributed by atoms with Crippen LogP contribution in [-0.4, -0.2) is 25.6 Å². The number of nitrogens with zero attached hydrogens (tertiary/aromatic N) is 1.